The van der Waals surface area contributed by atoms with Crippen molar-refractivity contribution in [2.45, 2.75) is 0 Å². The number of rotatable bonds is 1. The van der Waals surface area contributed by atoms with E-state index < -0.39 is 0 Å². The van der Waals surface area contributed by atoms with Crippen LogP contribution in [-0.2, 0) is 0 Å². The van der Waals surface area contributed by atoms with Crippen LogP contribution in [0.2, 0.25) is 0 Å². The van der Waals surface area contributed by atoms with E-state index in [1.165, 1.54) is 6.07 Å². The molecule has 0 fully saturated rings. The van der Waals surface area contributed by atoms with Gasteiger partial charge in [0.15, 0.2) is 0 Å². The summed E-state index contributed by atoms with van der Waals surface area (Å²) in [7, 11) is 0. The number of nitrogens with two attached hydrogens (primary N) is 1. The van der Waals surface area contributed by atoms with E-state index in [4.69, 9.17) is 5.73 Å². The van der Waals surface area contributed by atoms with Crippen molar-refractivity contribution < 1.29 is 4.39 Å². The van der Waals surface area contributed by atoms with E-state index in [1.807, 2.05) is 24.3 Å². The highest BCUT2D eigenvalue weighted by molar-refractivity contribution is 5.77. The van der Waals surface area contributed by atoms with Gasteiger partial charge in [-0.25, -0.2) is 9.37 Å². The molecule has 0 saturated heterocycles. The monoisotopic (exact) mass is 227 g/mol. The number of benzene rings is 2. The van der Waals surface area contributed by atoms with E-state index in [0.717, 1.165) is 11.0 Å². The molecule has 1 heterocycles. The number of para-hydroxylation sites is 2. The molecule has 0 aliphatic carbocycles. The van der Waals surface area contributed by atoms with E-state index in [9.17, 15) is 4.39 Å². The van der Waals surface area contributed by atoms with Crippen molar-refractivity contribution in [2.24, 2.45) is 0 Å². The first-order valence-corrected chi connectivity index (χ1v) is 5.23. The third kappa shape index (κ3) is 1.54. The maximum Gasteiger partial charge on any atom is 0.149 e. The number of hydrogen-bond acceptors (Lipinski definition) is 2. The number of halogens is 1. The van der Waals surface area contributed by atoms with Crippen molar-refractivity contribution in [1.29, 1.82) is 0 Å². The first-order chi connectivity index (χ1) is 8.25. The fourth-order valence-corrected chi connectivity index (χ4v) is 1.87. The molecule has 0 aliphatic heterocycles. The normalized spacial score (nSPS) is 10.9. The summed E-state index contributed by atoms with van der Waals surface area (Å²) in [4.78, 5) is 4.22. The molecule has 2 N–H and O–H groups in total. The van der Waals surface area contributed by atoms with Crippen molar-refractivity contribution in [3.8, 4) is 5.69 Å². The zero-order valence-corrected chi connectivity index (χ0v) is 8.97. The Hall–Kier alpha value is -2.36. The minimum Gasteiger partial charge on any atom is -0.399 e. The van der Waals surface area contributed by atoms with E-state index in [1.54, 1.807) is 23.0 Å². The largest absolute Gasteiger partial charge is 0.399 e. The van der Waals surface area contributed by atoms with Crippen molar-refractivity contribution in [3.63, 3.8) is 0 Å². The molecule has 3 aromatic rings. The van der Waals surface area contributed by atoms with Gasteiger partial charge in [0.2, 0.25) is 0 Å². The van der Waals surface area contributed by atoms with Gasteiger partial charge < -0.3 is 5.73 Å². The lowest BCUT2D eigenvalue weighted by atomic mass is 10.2. The van der Waals surface area contributed by atoms with Crippen LogP contribution >= 0.6 is 0 Å². The number of hydrogen-bond donors (Lipinski definition) is 1. The molecule has 3 nitrogen and oxygen atoms in total. The molecule has 0 bridgehead atoms. The highest BCUT2D eigenvalue weighted by Gasteiger charge is 2.08. The van der Waals surface area contributed by atoms with Crippen LogP contribution in [0.25, 0.3) is 16.7 Å². The Labute approximate surface area is 97.3 Å². The molecule has 0 spiro atoms. The van der Waals surface area contributed by atoms with Gasteiger partial charge in [0.25, 0.3) is 0 Å². The zero-order valence-electron chi connectivity index (χ0n) is 8.97. The maximum atomic E-state index is 13.8. The van der Waals surface area contributed by atoms with Crippen LogP contribution < -0.4 is 5.73 Å². The van der Waals surface area contributed by atoms with Crippen LogP contribution in [-0.4, -0.2) is 9.55 Å². The van der Waals surface area contributed by atoms with Gasteiger partial charge in [0.1, 0.15) is 12.1 Å². The first kappa shape index (κ1) is 9.84. The molecule has 4 heteroatoms. The van der Waals surface area contributed by atoms with E-state index in [0.29, 0.717) is 11.4 Å². The topological polar surface area (TPSA) is 43.8 Å². The Balaban J connectivity index is 2.27. The molecule has 3 rings (SSSR count). The predicted molar refractivity (Wildman–Crippen MR) is 65.4 cm³/mol. The van der Waals surface area contributed by atoms with Gasteiger partial charge in [-0.05, 0) is 30.3 Å². The fourth-order valence-electron chi connectivity index (χ4n) is 1.87. The number of imidazole rings is 1. The second-order valence-corrected chi connectivity index (χ2v) is 3.81. The summed E-state index contributed by atoms with van der Waals surface area (Å²) >= 11 is 0. The lowest BCUT2D eigenvalue weighted by Crippen LogP contribution is -1.97. The summed E-state index contributed by atoms with van der Waals surface area (Å²) in [5.74, 6) is -0.354. The van der Waals surface area contributed by atoms with Gasteiger partial charge in [-0.15, -0.1) is 0 Å². The molecule has 0 aliphatic rings. The highest BCUT2D eigenvalue weighted by Crippen LogP contribution is 2.21. The molecule has 1 aromatic heterocycles. The summed E-state index contributed by atoms with van der Waals surface area (Å²) < 4.78 is 15.5. The Kier molecular flexibility index (Phi) is 2.08. The SMILES string of the molecule is Nc1ccc(-n2cnc3ccccc32)c(F)c1. The second-order valence-electron chi connectivity index (χ2n) is 3.81. The Morgan fingerprint density at radius 3 is 2.76 bits per heavy atom. The molecule has 0 radical (unpaired) electrons. The molecule has 0 amide bonds. The van der Waals surface area contributed by atoms with Gasteiger partial charge in [-0.3, -0.25) is 4.57 Å². The molecule has 0 saturated carbocycles. The zero-order chi connectivity index (χ0) is 11.8. The first-order valence-electron chi connectivity index (χ1n) is 5.23. The average Bonchev–Trinajstić information content (AvgIpc) is 2.73. The number of nitrogens with zero attached hydrogens (tertiary/aromatic N) is 2. The minimum absolute atomic E-state index is 0.354. The van der Waals surface area contributed by atoms with Gasteiger partial charge in [0, 0.05) is 5.69 Å². The van der Waals surface area contributed by atoms with Crippen LogP contribution in [0.1, 0.15) is 0 Å². The third-order valence-corrected chi connectivity index (χ3v) is 2.68. The number of fused-ring (bicyclic) bond motifs is 1. The van der Waals surface area contributed by atoms with Crippen molar-refractivity contribution in [2.75, 3.05) is 5.73 Å². The minimum atomic E-state index is -0.354. The molecule has 84 valence electrons. The van der Waals surface area contributed by atoms with Crippen LogP contribution in [0.15, 0.2) is 48.8 Å². The molecule has 0 unspecified atom stereocenters. The van der Waals surface area contributed by atoms with Crippen LogP contribution in [0, 0.1) is 5.82 Å². The predicted octanol–water partition coefficient (Wildman–Crippen LogP) is 2.75. The van der Waals surface area contributed by atoms with Crippen molar-refractivity contribution in [1.82, 2.24) is 9.55 Å². The van der Waals surface area contributed by atoms with E-state index >= 15 is 0 Å². The number of anilines is 1. The molecule has 2 aromatic carbocycles. The molecular formula is C13H10FN3. The van der Waals surface area contributed by atoms with Gasteiger partial charge in [-0.2, -0.15) is 0 Å². The molecule has 0 atom stereocenters. The molecular weight excluding hydrogens is 217 g/mol. The standard InChI is InChI=1S/C13H10FN3/c14-10-7-9(15)5-6-12(10)17-8-16-11-3-1-2-4-13(11)17/h1-8H,15H2. The van der Waals surface area contributed by atoms with E-state index in [2.05, 4.69) is 4.98 Å². The van der Waals surface area contributed by atoms with Crippen molar-refractivity contribution in [3.05, 3.63) is 54.6 Å². The van der Waals surface area contributed by atoms with E-state index in [-0.39, 0.29) is 5.82 Å². The summed E-state index contributed by atoms with van der Waals surface area (Å²) in [6.45, 7) is 0. The summed E-state index contributed by atoms with van der Waals surface area (Å²) in [5, 5.41) is 0. The second kappa shape index (κ2) is 3.59. The molecule has 17 heavy (non-hydrogen) atoms. The third-order valence-electron chi connectivity index (χ3n) is 2.68. The van der Waals surface area contributed by atoms with Gasteiger partial charge >= 0.3 is 0 Å². The average molecular weight is 227 g/mol. The van der Waals surface area contributed by atoms with Gasteiger partial charge in [0.05, 0.1) is 16.7 Å². The van der Waals surface area contributed by atoms with Crippen LogP contribution in [0.4, 0.5) is 10.1 Å². The quantitative estimate of drug-likeness (QED) is 0.649. The lowest BCUT2D eigenvalue weighted by molar-refractivity contribution is 0.620. The maximum absolute atomic E-state index is 13.8. The summed E-state index contributed by atoms with van der Waals surface area (Å²) in [6, 6.07) is 12.2. The Morgan fingerprint density at radius 1 is 1.12 bits per heavy atom. The highest BCUT2D eigenvalue weighted by atomic mass is 19.1. The Morgan fingerprint density at radius 2 is 1.94 bits per heavy atom. The van der Waals surface area contributed by atoms with Crippen molar-refractivity contribution >= 4 is 16.7 Å². The number of nitrogen functional groups attached to an aromatic ring is 1. The smallest absolute Gasteiger partial charge is 0.149 e. The van der Waals surface area contributed by atoms with Crippen LogP contribution in [0.3, 0.4) is 0 Å². The fraction of sp³-hybridized carbons (Fsp3) is 0. The number of aromatic nitrogens is 2. The van der Waals surface area contributed by atoms with Gasteiger partial charge in [-0.1, -0.05) is 12.1 Å². The summed E-state index contributed by atoms with van der Waals surface area (Å²) in [6.07, 6.45) is 1.61. The summed E-state index contributed by atoms with van der Waals surface area (Å²) in [5.41, 5.74) is 8.10. The lowest BCUT2D eigenvalue weighted by Gasteiger charge is -2.06. The van der Waals surface area contributed by atoms with Crippen LogP contribution in [0.5, 0.6) is 0 Å². The Bertz CT molecular complexity index is 688.